The number of hydrogen-bond donors (Lipinski definition) is 2. The van der Waals surface area contributed by atoms with Crippen molar-refractivity contribution in [2.24, 2.45) is 0 Å². The topological polar surface area (TPSA) is 84.5 Å². The van der Waals surface area contributed by atoms with E-state index in [0.29, 0.717) is 11.1 Å². The smallest absolute Gasteiger partial charge is 0.423 e. The molecule has 0 fully saturated rings. The van der Waals surface area contributed by atoms with Gasteiger partial charge in [0.15, 0.2) is 0 Å². The molecule has 23 heavy (non-hydrogen) atoms. The number of nitrogens with one attached hydrogen (secondary N) is 2. The molecule has 0 heterocycles. The van der Waals surface area contributed by atoms with E-state index in [4.69, 9.17) is 4.74 Å². The molecule has 0 spiro atoms. The lowest BCUT2D eigenvalue weighted by atomic mass is 9.95. The second kappa shape index (κ2) is 6.49. The summed E-state index contributed by atoms with van der Waals surface area (Å²) >= 11 is 0. The van der Waals surface area contributed by atoms with Crippen LogP contribution < -0.4 is 10.3 Å². The fourth-order valence-electron chi connectivity index (χ4n) is 2.33. The van der Waals surface area contributed by atoms with Crippen LogP contribution in [0.25, 0.3) is 0 Å². The van der Waals surface area contributed by atoms with Crippen LogP contribution in [0, 0.1) is 34.6 Å². The molecule has 2 N–H and O–H groups in total. The maximum atomic E-state index is 12.6. The van der Waals surface area contributed by atoms with Crippen LogP contribution in [0.15, 0.2) is 4.90 Å². The Bertz CT molecular complexity index is 702. The van der Waals surface area contributed by atoms with Crippen LogP contribution >= 0.6 is 0 Å². The monoisotopic (exact) mass is 342 g/mol. The highest BCUT2D eigenvalue weighted by Crippen LogP contribution is 2.29. The summed E-state index contributed by atoms with van der Waals surface area (Å²) in [4.78, 5) is 13.9. The zero-order valence-electron chi connectivity index (χ0n) is 15.0. The van der Waals surface area contributed by atoms with Gasteiger partial charge in [-0.25, -0.2) is 18.6 Å². The molecule has 0 atom stereocenters. The molecule has 0 aliphatic carbocycles. The summed E-state index contributed by atoms with van der Waals surface area (Å²) in [7, 11) is -3.90. The fraction of sp³-hybridized carbons (Fsp3) is 0.562. The van der Waals surface area contributed by atoms with Crippen LogP contribution in [0.2, 0.25) is 0 Å². The van der Waals surface area contributed by atoms with Crippen molar-refractivity contribution in [3.05, 3.63) is 27.8 Å². The number of carbonyl (C=O) groups excluding carboxylic acids is 1. The lowest BCUT2D eigenvalue weighted by Crippen LogP contribution is -2.44. The van der Waals surface area contributed by atoms with Gasteiger partial charge in [-0.1, -0.05) is 0 Å². The van der Waals surface area contributed by atoms with Gasteiger partial charge in [0.05, 0.1) is 4.90 Å². The van der Waals surface area contributed by atoms with Gasteiger partial charge in [0.25, 0.3) is 10.0 Å². The molecule has 0 bridgehead atoms. The Morgan fingerprint density at radius 3 is 1.65 bits per heavy atom. The molecular formula is C16H26N2O4S. The first kappa shape index (κ1) is 19.4. The molecule has 1 aromatic carbocycles. The summed E-state index contributed by atoms with van der Waals surface area (Å²) in [6, 6.07) is 0. The standard InChI is InChI=1S/C16H26N2O4S/c1-9-10(2)12(4)14(13(5)11(9)3)23(20,21)18-17-15(19)22-16(6,7)8/h18H,1-8H3,(H,17,19). The van der Waals surface area contributed by atoms with Crippen LogP contribution in [-0.4, -0.2) is 20.1 Å². The maximum Gasteiger partial charge on any atom is 0.423 e. The number of ether oxygens (including phenoxy) is 1. The van der Waals surface area contributed by atoms with E-state index in [1.54, 1.807) is 34.6 Å². The predicted octanol–water partition coefficient (Wildman–Crippen LogP) is 2.95. The van der Waals surface area contributed by atoms with Crippen molar-refractivity contribution >= 4 is 16.1 Å². The van der Waals surface area contributed by atoms with E-state index < -0.39 is 21.7 Å². The summed E-state index contributed by atoms with van der Waals surface area (Å²) < 4.78 is 30.2. The molecule has 0 aliphatic rings. The Hall–Kier alpha value is -1.60. The quantitative estimate of drug-likeness (QED) is 0.827. The van der Waals surface area contributed by atoms with Crippen LogP contribution in [0.5, 0.6) is 0 Å². The molecule has 1 aromatic rings. The van der Waals surface area contributed by atoms with Crippen LogP contribution in [0.4, 0.5) is 4.79 Å². The summed E-state index contributed by atoms with van der Waals surface area (Å²) in [6.07, 6.45) is -0.850. The molecule has 7 heteroatoms. The molecule has 1 amide bonds. The summed E-state index contributed by atoms with van der Waals surface area (Å²) in [5, 5.41) is 0. The van der Waals surface area contributed by atoms with Crippen molar-refractivity contribution in [2.45, 2.75) is 65.9 Å². The zero-order chi connectivity index (χ0) is 18.2. The highest BCUT2D eigenvalue weighted by Gasteiger charge is 2.25. The van der Waals surface area contributed by atoms with E-state index in [1.165, 1.54) is 0 Å². The van der Waals surface area contributed by atoms with Crippen molar-refractivity contribution in [1.82, 2.24) is 10.3 Å². The third kappa shape index (κ3) is 4.45. The van der Waals surface area contributed by atoms with E-state index in [9.17, 15) is 13.2 Å². The average Bonchev–Trinajstić information content (AvgIpc) is 2.39. The lowest BCUT2D eigenvalue weighted by Gasteiger charge is -2.21. The van der Waals surface area contributed by atoms with E-state index >= 15 is 0 Å². The normalized spacial score (nSPS) is 12.2. The SMILES string of the molecule is Cc1c(C)c(C)c(S(=O)(=O)NNC(=O)OC(C)(C)C)c(C)c1C. The van der Waals surface area contributed by atoms with Gasteiger partial charge in [0.2, 0.25) is 0 Å². The van der Waals surface area contributed by atoms with Crippen molar-refractivity contribution in [1.29, 1.82) is 0 Å². The van der Waals surface area contributed by atoms with Crippen LogP contribution in [0.3, 0.4) is 0 Å². The van der Waals surface area contributed by atoms with Gasteiger partial charge >= 0.3 is 6.09 Å². The Labute approximate surface area is 138 Å². The number of rotatable bonds is 3. The Morgan fingerprint density at radius 1 is 0.870 bits per heavy atom. The van der Waals surface area contributed by atoms with Crippen LogP contribution in [-0.2, 0) is 14.8 Å². The van der Waals surface area contributed by atoms with E-state index in [0.717, 1.165) is 16.7 Å². The fourth-order valence-corrected chi connectivity index (χ4v) is 3.76. The van der Waals surface area contributed by atoms with E-state index in [1.807, 2.05) is 20.8 Å². The largest absolute Gasteiger partial charge is 0.443 e. The Balaban J connectivity index is 3.14. The Morgan fingerprint density at radius 2 is 1.26 bits per heavy atom. The summed E-state index contributed by atoms with van der Waals surface area (Å²) in [6.45, 7) is 14.3. The molecule has 6 nitrogen and oxygen atoms in total. The van der Waals surface area contributed by atoms with Crippen molar-refractivity contribution in [3.8, 4) is 0 Å². The molecule has 0 radical (unpaired) electrons. The third-order valence-electron chi connectivity index (χ3n) is 3.89. The molecule has 0 saturated heterocycles. The predicted molar refractivity (Wildman–Crippen MR) is 89.8 cm³/mol. The molecule has 130 valence electrons. The van der Waals surface area contributed by atoms with Gasteiger partial charge in [-0.2, -0.15) is 0 Å². The minimum Gasteiger partial charge on any atom is -0.443 e. The summed E-state index contributed by atoms with van der Waals surface area (Å²) in [5.74, 6) is 0. The number of amides is 1. The van der Waals surface area contributed by atoms with Crippen molar-refractivity contribution in [3.63, 3.8) is 0 Å². The van der Waals surface area contributed by atoms with Gasteiger partial charge in [-0.15, -0.1) is 4.83 Å². The van der Waals surface area contributed by atoms with Crippen molar-refractivity contribution in [2.75, 3.05) is 0 Å². The average molecular weight is 342 g/mol. The summed E-state index contributed by atoms with van der Waals surface area (Å²) in [5.41, 5.74) is 5.63. The van der Waals surface area contributed by atoms with E-state index in [2.05, 4.69) is 10.3 Å². The molecular weight excluding hydrogens is 316 g/mol. The zero-order valence-corrected chi connectivity index (χ0v) is 15.9. The Kier molecular flexibility index (Phi) is 5.49. The first-order valence-corrected chi connectivity index (χ1v) is 8.84. The first-order chi connectivity index (χ1) is 10.3. The second-order valence-electron chi connectivity index (χ2n) is 6.69. The van der Waals surface area contributed by atoms with Gasteiger partial charge in [0, 0.05) is 0 Å². The van der Waals surface area contributed by atoms with Crippen LogP contribution in [0.1, 0.15) is 48.6 Å². The molecule has 0 aromatic heterocycles. The molecule has 0 aliphatic heterocycles. The number of hydrogen-bond acceptors (Lipinski definition) is 4. The number of hydrazine groups is 1. The molecule has 0 saturated carbocycles. The molecule has 1 rings (SSSR count). The number of sulfonamides is 1. The maximum absolute atomic E-state index is 12.6. The highest BCUT2D eigenvalue weighted by atomic mass is 32.2. The minimum absolute atomic E-state index is 0.189. The molecule has 0 unspecified atom stereocenters. The third-order valence-corrected chi connectivity index (χ3v) is 5.41. The lowest BCUT2D eigenvalue weighted by molar-refractivity contribution is 0.0515. The number of benzene rings is 1. The van der Waals surface area contributed by atoms with Gasteiger partial charge in [0.1, 0.15) is 5.60 Å². The first-order valence-electron chi connectivity index (χ1n) is 7.35. The van der Waals surface area contributed by atoms with Crippen molar-refractivity contribution < 1.29 is 17.9 Å². The van der Waals surface area contributed by atoms with Gasteiger partial charge < -0.3 is 4.74 Å². The second-order valence-corrected chi connectivity index (χ2v) is 8.31. The van der Waals surface area contributed by atoms with Gasteiger partial charge in [-0.05, 0) is 83.2 Å². The highest BCUT2D eigenvalue weighted by molar-refractivity contribution is 7.89. The van der Waals surface area contributed by atoms with Gasteiger partial charge in [-0.3, -0.25) is 0 Å². The van der Waals surface area contributed by atoms with E-state index in [-0.39, 0.29) is 4.90 Å². The number of carbonyl (C=O) groups is 1. The minimum atomic E-state index is -3.90.